The minimum absolute atomic E-state index is 0.0369. The van der Waals surface area contributed by atoms with Crippen LogP contribution in [0.25, 0.3) is 0 Å². The third-order valence-electron chi connectivity index (χ3n) is 3.67. The van der Waals surface area contributed by atoms with Crippen molar-refractivity contribution in [2.75, 3.05) is 30.0 Å². The number of carbonyl (C=O) groups is 2. The van der Waals surface area contributed by atoms with E-state index < -0.39 is 0 Å². The number of carbonyl (C=O) groups excluding carboxylic acids is 2. The van der Waals surface area contributed by atoms with E-state index in [0.29, 0.717) is 30.3 Å². The van der Waals surface area contributed by atoms with Gasteiger partial charge in [-0.2, -0.15) is 0 Å². The lowest BCUT2D eigenvalue weighted by atomic mass is 10.1. The van der Waals surface area contributed by atoms with Crippen molar-refractivity contribution in [1.29, 1.82) is 0 Å². The summed E-state index contributed by atoms with van der Waals surface area (Å²) < 4.78 is 10.9. The molecule has 1 aliphatic heterocycles. The van der Waals surface area contributed by atoms with Crippen molar-refractivity contribution in [3.8, 4) is 11.5 Å². The molecule has 6 heteroatoms. The maximum Gasteiger partial charge on any atom is 0.234 e. The average Bonchev–Trinajstić information content (AvgIpc) is 2.63. The lowest BCUT2D eigenvalue weighted by Gasteiger charge is -2.18. The van der Waals surface area contributed by atoms with Gasteiger partial charge in [0, 0.05) is 11.3 Å². The van der Waals surface area contributed by atoms with Gasteiger partial charge in [0.1, 0.15) is 13.2 Å². The van der Waals surface area contributed by atoms with Crippen LogP contribution in [0, 0.1) is 6.92 Å². The van der Waals surface area contributed by atoms with Crippen LogP contribution in [0.15, 0.2) is 42.5 Å². The molecule has 0 atom stereocenters. The van der Waals surface area contributed by atoms with Crippen LogP contribution in [0.3, 0.4) is 0 Å². The molecule has 25 heavy (non-hydrogen) atoms. The van der Waals surface area contributed by atoms with Gasteiger partial charge < -0.3 is 14.8 Å². The van der Waals surface area contributed by atoms with Crippen LogP contribution in [0.4, 0.5) is 5.69 Å². The number of anilines is 1. The molecule has 0 spiro atoms. The molecule has 0 radical (unpaired) electrons. The van der Waals surface area contributed by atoms with E-state index in [4.69, 9.17) is 9.47 Å². The fraction of sp³-hybridized carbons (Fsp3) is 0.263. The zero-order valence-corrected chi connectivity index (χ0v) is 14.7. The fourth-order valence-electron chi connectivity index (χ4n) is 2.37. The first-order valence-corrected chi connectivity index (χ1v) is 9.14. The largest absolute Gasteiger partial charge is 0.486 e. The molecule has 2 aromatic rings. The van der Waals surface area contributed by atoms with Crippen LogP contribution in [0.2, 0.25) is 0 Å². The summed E-state index contributed by atoms with van der Waals surface area (Å²) in [6, 6.07) is 12.8. The summed E-state index contributed by atoms with van der Waals surface area (Å²) in [4.78, 5) is 24.2. The third kappa shape index (κ3) is 4.76. The number of benzene rings is 2. The molecule has 0 fully saturated rings. The second-order valence-corrected chi connectivity index (χ2v) is 6.67. The van der Waals surface area contributed by atoms with E-state index in [1.54, 1.807) is 18.2 Å². The van der Waals surface area contributed by atoms with Gasteiger partial charge in [0.15, 0.2) is 17.3 Å². The highest BCUT2D eigenvalue weighted by Gasteiger charge is 2.15. The number of ketones is 1. The van der Waals surface area contributed by atoms with Crippen molar-refractivity contribution in [1.82, 2.24) is 0 Å². The van der Waals surface area contributed by atoms with Crippen LogP contribution in [0.1, 0.15) is 15.9 Å². The van der Waals surface area contributed by atoms with Crippen molar-refractivity contribution in [2.45, 2.75) is 6.92 Å². The molecule has 0 aromatic heterocycles. The van der Waals surface area contributed by atoms with Gasteiger partial charge in [-0.1, -0.05) is 17.7 Å². The quantitative estimate of drug-likeness (QED) is 0.804. The van der Waals surface area contributed by atoms with Gasteiger partial charge in [0.2, 0.25) is 5.91 Å². The molecule has 0 unspecified atom stereocenters. The number of amides is 1. The van der Waals surface area contributed by atoms with Gasteiger partial charge in [-0.25, -0.2) is 0 Å². The smallest absolute Gasteiger partial charge is 0.234 e. The number of rotatable bonds is 6. The summed E-state index contributed by atoms with van der Waals surface area (Å²) in [5, 5.41) is 2.82. The lowest BCUT2D eigenvalue weighted by molar-refractivity contribution is -0.113. The monoisotopic (exact) mass is 357 g/mol. The van der Waals surface area contributed by atoms with Crippen LogP contribution in [-0.4, -0.2) is 36.4 Å². The maximum absolute atomic E-state index is 12.3. The Morgan fingerprint density at radius 3 is 2.48 bits per heavy atom. The van der Waals surface area contributed by atoms with Crippen LogP contribution >= 0.6 is 11.8 Å². The summed E-state index contributed by atoms with van der Waals surface area (Å²) in [6.45, 7) is 3.00. The molecule has 1 amide bonds. The van der Waals surface area contributed by atoms with Crippen molar-refractivity contribution >= 4 is 29.1 Å². The number of aryl methyl sites for hydroxylation is 1. The van der Waals surface area contributed by atoms with Gasteiger partial charge >= 0.3 is 0 Å². The van der Waals surface area contributed by atoms with Gasteiger partial charge in [-0.15, -0.1) is 11.8 Å². The van der Waals surface area contributed by atoms with E-state index in [0.717, 1.165) is 11.3 Å². The molecular formula is C19H19NO4S. The minimum atomic E-state index is -0.121. The highest BCUT2D eigenvalue weighted by Crippen LogP contribution is 2.31. The molecule has 0 aliphatic carbocycles. The normalized spacial score (nSPS) is 12.5. The molecule has 2 aromatic carbocycles. The number of nitrogens with one attached hydrogen (secondary N) is 1. The minimum Gasteiger partial charge on any atom is -0.486 e. The van der Waals surface area contributed by atoms with E-state index in [1.807, 2.05) is 31.2 Å². The SMILES string of the molecule is Cc1ccc(NC(=O)CSCC(=O)c2ccc3c(c2)OCCO3)cc1. The molecule has 5 nitrogen and oxygen atoms in total. The second-order valence-electron chi connectivity index (χ2n) is 5.69. The topological polar surface area (TPSA) is 64.6 Å². The molecule has 0 bridgehead atoms. The standard InChI is InChI=1S/C19H19NO4S/c1-13-2-5-15(6-3-13)20-19(22)12-25-11-16(21)14-4-7-17-18(10-14)24-9-8-23-17/h2-7,10H,8-9,11-12H2,1H3,(H,20,22). The Bertz CT molecular complexity index is 773. The fourth-order valence-corrected chi connectivity index (χ4v) is 3.08. The Hall–Kier alpha value is -2.47. The number of ether oxygens (including phenoxy) is 2. The van der Waals surface area contributed by atoms with Gasteiger partial charge in [0.05, 0.1) is 11.5 Å². The first-order valence-electron chi connectivity index (χ1n) is 7.99. The summed E-state index contributed by atoms with van der Waals surface area (Å²) in [7, 11) is 0. The number of hydrogen-bond donors (Lipinski definition) is 1. The molecule has 1 heterocycles. The Morgan fingerprint density at radius 2 is 1.72 bits per heavy atom. The molecule has 0 saturated heterocycles. The predicted molar refractivity (Wildman–Crippen MR) is 98.9 cm³/mol. The first kappa shape index (κ1) is 17.4. The van der Waals surface area contributed by atoms with E-state index >= 15 is 0 Å². The van der Waals surface area contributed by atoms with Crippen LogP contribution in [0.5, 0.6) is 11.5 Å². The van der Waals surface area contributed by atoms with Crippen molar-refractivity contribution in [3.05, 3.63) is 53.6 Å². The number of thioether (sulfide) groups is 1. The van der Waals surface area contributed by atoms with E-state index in [-0.39, 0.29) is 23.2 Å². The molecule has 3 rings (SSSR count). The summed E-state index contributed by atoms with van der Waals surface area (Å²) >= 11 is 1.29. The van der Waals surface area contributed by atoms with E-state index in [1.165, 1.54) is 11.8 Å². The Labute approximate surface area is 150 Å². The molecule has 1 N–H and O–H groups in total. The Morgan fingerprint density at radius 1 is 1.00 bits per heavy atom. The zero-order valence-electron chi connectivity index (χ0n) is 13.9. The number of Topliss-reactive ketones (excluding diaryl/α,β-unsaturated/α-hetero) is 1. The molecule has 0 saturated carbocycles. The third-order valence-corrected chi connectivity index (χ3v) is 4.60. The van der Waals surface area contributed by atoms with Crippen molar-refractivity contribution in [3.63, 3.8) is 0 Å². The van der Waals surface area contributed by atoms with Gasteiger partial charge in [0.25, 0.3) is 0 Å². The Kier molecular flexibility index (Phi) is 5.60. The zero-order chi connectivity index (χ0) is 17.6. The average molecular weight is 357 g/mol. The van der Waals surface area contributed by atoms with E-state index in [2.05, 4.69) is 5.32 Å². The van der Waals surface area contributed by atoms with Crippen molar-refractivity contribution in [2.24, 2.45) is 0 Å². The molecular weight excluding hydrogens is 338 g/mol. The van der Waals surface area contributed by atoms with Crippen LogP contribution in [-0.2, 0) is 4.79 Å². The first-order chi connectivity index (χ1) is 12.1. The van der Waals surface area contributed by atoms with Gasteiger partial charge in [-0.3, -0.25) is 9.59 Å². The molecule has 1 aliphatic rings. The van der Waals surface area contributed by atoms with Gasteiger partial charge in [-0.05, 0) is 37.3 Å². The second kappa shape index (κ2) is 8.07. The number of hydrogen-bond acceptors (Lipinski definition) is 5. The summed E-state index contributed by atoms with van der Waals surface area (Å²) in [6.07, 6.45) is 0. The number of fused-ring (bicyclic) bond motifs is 1. The van der Waals surface area contributed by atoms with Crippen molar-refractivity contribution < 1.29 is 19.1 Å². The Balaban J connectivity index is 1.47. The highest BCUT2D eigenvalue weighted by atomic mass is 32.2. The van der Waals surface area contributed by atoms with E-state index in [9.17, 15) is 9.59 Å². The predicted octanol–water partition coefficient (Wildman–Crippen LogP) is 3.32. The molecule has 130 valence electrons. The highest BCUT2D eigenvalue weighted by molar-refractivity contribution is 8.00. The maximum atomic E-state index is 12.3. The lowest BCUT2D eigenvalue weighted by Crippen LogP contribution is -2.17. The summed E-state index contributed by atoms with van der Waals surface area (Å²) in [5.41, 5.74) is 2.46. The summed E-state index contributed by atoms with van der Waals surface area (Å²) in [5.74, 6) is 1.56. The van der Waals surface area contributed by atoms with Crippen LogP contribution < -0.4 is 14.8 Å².